The highest BCUT2D eigenvalue weighted by Gasteiger charge is 2.26. The minimum atomic E-state index is -0.707. The van der Waals surface area contributed by atoms with Gasteiger partial charge in [-0.3, -0.25) is 14.4 Å². The first-order valence-corrected chi connectivity index (χ1v) is 6.19. The maximum absolute atomic E-state index is 11.7. The van der Waals surface area contributed by atoms with Crippen LogP contribution in [0.2, 0.25) is 0 Å². The molecule has 0 aliphatic rings. The predicted molar refractivity (Wildman–Crippen MR) is 72.4 cm³/mol. The van der Waals surface area contributed by atoms with Crippen LogP contribution in [-0.2, 0) is 20.9 Å². The van der Waals surface area contributed by atoms with E-state index in [1.807, 2.05) is 30.3 Å². The second-order valence-corrected chi connectivity index (χ2v) is 5.44. The third-order valence-electron chi connectivity index (χ3n) is 2.71. The minimum absolute atomic E-state index is 0.229. The smallest absolute Gasteiger partial charge is 0.288 e. The van der Waals surface area contributed by atoms with Crippen LogP contribution in [0, 0.1) is 5.41 Å². The zero-order valence-electron chi connectivity index (χ0n) is 11.5. The van der Waals surface area contributed by atoms with Crippen molar-refractivity contribution in [2.24, 2.45) is 5.41 Å². The number of nitrogens with one attached hydrogen (secondary N) is 1. The Balaban J connectivity index is 2.46. The molecule has 19 heavy (non-hydrogen) atoms. The largest absolute Gasteiger partial charge is 0.345 e. The molecule has 1 aromatic rings. The molecule has 0 atom stereocenters. The molecule has 0 spiro atoms. The van der Waals surface area contributed by atoms with E-state index in [0.29, 0.717) is 0 Å². The number of rotatable bonds is 5. The summed E-state index contributed by atoms with van der Waals surface area (Å²) in [4.78, 5) is 34.8. The maximum atomic E-state index is 11.7. The van der Waals surface area contributed by atoms with Gasteiger partial charge >= 0.3 is 0 Å². The van der Waals surface area contributed by atoms with Crippen molar-refractivity contribution in [1.82, 2.24) is 5.32 Å². The van der Waals surface area contributed by atoms with Crippen molar-refractivity contribution in [1.29, 1.82) is 0 Å². The highest BCUT2D eigenvalue weighted by atomic mass is 16.2. The normalized spacial score (nSPS) is 10.9. The Kier molecular flexibility index (Phi) is 4.98. The van der Waals surface area contributed by atoms with Gasteiger partial charge in [0.05, 0.1) is 6.42 Å². The number of carbonyl (C=O) groups excluding carboxylic acids is 3. The van der Waals surface area contributed by atoms with E-state index in [0.717, 1.165) is 5.56 Å². The minimum Gasteiger partial charge on any atom is -0.345 e. The highest BCUT2D eigenvalue weighted by Crippen LogP contribution is 2.16. The van der Waals surface area contributed by atoms with Crippen molar-refractivity contribution in [2.45, 2.75) is 33.7 Å². The molecule has 102 valence electrons. The Bertz CT molecular complexity index is 472. The van der Waals surface area contributed by atoms with Gasteiger partial charge in [0, 0.05) is 12.0 Å². The van der Waals surface area contributed by atoms with Crippen molar-refractivity contribution in [3.8, 4) is 0 Å². The molecule has 0 aromatic heterocycles. The van der Waals surface area contributed by atoms with E-state index < -0.39 is 17.1 Å². The van der Waals surface area contributed by atoms with Gasteiger partial charge in [0.2, 0.25) is 5.78 Å². The zero-order valence-corrected chi connectivity index (χ0v) is 11.5. The van der Waals surface area contributed by atoms with E-state index in [2.05, 4.69) is 5.32 Å². The Morgan fingerprint density at radius 3 is 2.16 bits per heavy atom. The molecule has 0 heterocycles. The summed E-state index contributed by atoms with van der Waals surface area (Å²) >= 11 is 0. The maximum Gasteiger partial charge on any atom is 0.288 e. The standard InChI is InChI=1S/C15H19NO3/c1-15(2,3)13(18)9-12(17)14(19)16-10-11-7-5-4-6-8-11/h4-8H,9-10H2,1-3H3,(H,16,19). The van der Waals surface area contributed by atoms with Crippen LogP contribution in [0.4, 0.5) is 0 Å². The third kappa shape index (κ3) is 5.04. The van der Waals surface area contributed by atoms with Gasteiger partial charge in [0.1, 0.15) is 5.78 Å². The van der Waals surface area contributed by atoms with Crippen molar-refractivity contribution >= 4 is 17.5 Å². The van der Waals surface area contributed by atoms with Crippen molar-refractivity contribution < 1.29 is 14.4 Å². The number of benzene rings is 1. The average Bonchev–Trinajstić information content (AvgIpc) is 2.35. The summed E-state index contributed by atoms with van der Waals surface area (Å²) in [6, 6.07) is 9.29. The van der Waals surface area contributed by atoms with Crippen LogP contribution in [0.3, 0.4) is 0 Å². The fraction of sp³-hybridized carbons (Fsp3) is 0.400. The SMILES string of the molecule is CC(C)(C)C(=O)CC(=O)C(=O)NCc1ccccc1. The first-order chi connectivity index (χ1) is 8.80. The second kappa shape index (κ2) is 6.27. The first-order valence-electron chi connectivity index (χ1n) is 6.19. The number of hydrogen-bond donors (Lipinski definition) is 1. The molecule has 1 N–H and O–H groups in total. The molecule has 0 aliphatic heterocycles. The molecular weight excluding hydrogens is 242 g/mol. The van der Waals surface area contributed by atoms with Crippen LogP contribution in [-0.4, -0.2) is 17.5 Å². The highest BCUT2D eigenvalue weighted by molar-refractivity contribution is 6.39. The Morgan fingerprint density at radius 2 is 1.63 bits per heavy atom. The van der Waals surface area contributed by atoms with Crippen molar-refractivity contribution in [2.75, 3.05) is 0 Å². The molecule has 4 heteroatoms. The van der Waals surface area contributed by atoms with E-state index in [9.17, 15) is 14.4 Å². The quantitative estimate of drug-likeness (QED) is 0.650. The number of ketones is 2. The first kappa shape index (κ1) is 15.1. The Hall–Kier alpha value is -1.97. The predicted octanol–water partition coefficient (Wildman–Crippen LogP) is 1.88. The zero-order chi connectivity index (χ0) is 14.5. The van der Waals surface area contributed by atoms with Crippen LogP contribution in [0.15, 0.2) is 30.3 Å². The summed E-state index contributed by atoms with van der Waals surface area (Å²) in [7, 11) is 0. The summed E-state index contributed by atoms with van der Waals surface area (Å²) in [5.41, 5.74) is 0.306. The fourth-order valence-electron chi connectivity index (χ4n) is 1.37. The summed E-state index contributed by atoms with van der Waals surface area (Å²) in [6.07, 6.45) is -0.343. The Morgan fingerprint density at radius 1 is 1.05 bits per heavy atom. The van der Waals surface area contributed by atoms with E-state index in [4.69, 9.17) is 0 Å². The lowest BCUT2D eigenvalue weighted by Crippen LogP contribution is -2.34. The Labute approximate surface area is 113 Å². The fourth-order valence-corrected chi connectivity index (χ4v) is 1.37. The van der Waals surface area contributed by atoms with Crippen molar-refractivity contribution in [3.63, 3.8) is 0 Å². The average molecular weight is 261 g/mol. The van der Waals surface area contributed by atoms with Gasteiger partial charge in [-0.05, 0) is 5.56 Å². The monoisotopic (exact) mass is 261 g/mol. The second-order valence-electron chi connectivity index (χ2n) is 5.44. The third-order valence-corrected chi connectivity index (χ3v) is 2.71. The molecule has 0 unspecified atom stereocenters. The van der Waals surface area contributed by atoms with Crippen LogP contribution in [0.1, 0.15) is 32.8 Å². The van der Waals surface area contributed by atoms with Gasteiger partial charge in [0.25, 0.3) is 5.91 Å². The molecule has 0 saturated carbocycles. The molecule has 1 rings (SSSR count). The summed E-state index contributed by atoms with van der Waals surface area (Å²) in [5.74, 6) is -1.62. The molecule has 0 saturated heterocycles. The number of carbonyl (C=O) groups is 3. The molecule has 0 radical (unpaired) electrons. The molecule has 1 aromatic carbocycles. The topological polar surface area (TPSA) is 63.2 Å². The summed E-state index contributed by atoms with van der Waals surface area (Å²) in [6.45, 7) is 5.47. The van der Waals surface area contributed by atoms with Gasteiger partial charge in [0.15, 0.2) is 0 Å². The van der Waals surface area contributed by atoms with E-state index >= 15 is 0 Å². The number of Topliss-reactive ketones (excluding diaryl/α,β-unsaturated/α-hetero) is 2. The lowest BCUT2D eigenvalue weighted by Gasteiger charge is -2.15. The number of amides is 1. The van der Waals surface area contributed by atoms with E-state index in [1.165, 1.54) is 0 Å². The van der Waals surface area contributed by atoms with E-state index in [1.54, 1.807) is 20.8 Å². The molecule has 1 amide bonds. The molecule has 0 aliphatic carbocycles. The lowest BCUT2D eigenvalue weighted by atomic mass is 9.88. The van der Waals surface area contributed by atoms with Crippen LogP contribution < -0.4 is 5.32 Å². The number of hydrogen-bond acceptors (Lipinski definition) is 3. The lowest BCUT2D eigenvalue weighted by molar-refractivity contribution is -0.141. The molecular formula is C15H19NO3. The summed E-state index contributed by atoms with van der Waals surface area (Å²) in [5, 5.41) is 2.51. The molecule has 4 nitrogen and oxygen atoms in total. The van der Waals surface area contributed by atoms with Gasteiger partial charge in [-0.25, -0.2) is 0 Å². The van der Waals surface area contributed by atoms with Crippen LogP contribution >= 0.6 is 0 Å². The summed E-state index contributed by atoms with van der Waals surface area (Å²) < 4.78 is 0. The molecule has 0 bridgehead atoms. The van der Waals surface area contributed by atoms with Gasteiger partial charge in [-0.2, -0.15) is 0 Å². The van der Waals surface area contributed by atoms with Gasteiger partial charge < -0.3 is 5.32 Å². The van der Waals surface area contributed by atoms with Gasteiger partial charge in [-0.1, -0.05) is 51.1 Å². The van der Waals surface area contributed by atoms with Crippen molar-refractivity contribution in [3.05, 3.63) is 35.9 Å². The van der Waals surface area contributed by atoms with Crippen LogP contribution in [0.25, 0.3) is 0 Å². The van der Waals surface area contributed by atoms with Gasteiger partial charge in [-0.15, -0.1) is 0 Å². The van der Waals surface area contributed by atoms with Crippen LogP contribution in [0.5, 0.6) is 0 Å². The molecule has 0 fully saturated rings. The van der Waals surface area contributed by atoms with E-state index in [-0.39, 0.29) is 18.7 Å².